The summed E-state index contributed by atoms with van der Waals surface area (Å²) in [5.41, 5.74) is 7.46. The van der Waals surface area contributed by atoms with E-state index in [0.717, 1.165) is 27.9 Å². The Balaban J connectivity index is 0.000000187. The van der Waals surface area contributed by atoms with Crippen LogP contribution in [-0.2, 0) is 16.7 Å². The van der Waals surface area contributed by atoms with Crippen molar-refractivity contribution in [1.82, 2.24) is 9.61 Å². The first-order valence-corrected chi connectivity index (χ1v) is 11.2. The molecule has 31 heavy (non-hydrogen) atoms. The molecule has 2 heterocycles. The fraction of sp³-hybridized carbons (Fsp3) is 0.250. The summed E-state index contributed by atoms with van der Waals surface area (Å²) >= 11 is 0. The summed E-state index contributed by atoms with van der Waals surface area (Å²) in [5, 5.41) is 4.63. The first kappa shape index (κ1) is 22.5. The average Bonchev–Trinajstić information content (AvgIpc) is 2.94. The first-order chi connectivity index (χ1) is 14.5. The van der Waals surface area contributed by atoms with Gasteiger partial charge in [-0.2, -0.15) is 0 Å². The third-order valence-electron chi connectivity index (χ3n) is 5.16. The van der Waals surface area contributed by atoms with E-state index >= 15 is 0 Å². The quantitative estimate of drug-likeness (QED) is 0.274. The first-order valence-electron chi connectivity index (χ1n) is 9.79. The molecule has 2 aromatic heterocycles. The van der Waals surface area contributed by atoms with Crippen LogP contribution in [0.25, 0.3) is 16.7 Å². The monoisotopic (exact) mass is 435 g/mol. The molecule has 0 N–H and O–H groups in total. The number of aryl methyl sites for hydroxylation is 5. The molecule has 160 valence electrons. The van der Waals surface area contributed by atoms with Gasteiger partial charge in [0.25, 0.3) is 0 Å². The van der Waals surface area contributed by atoms with Gasteiger partial charge in [-0.15, -0.1) is 6.42 Å². The molecule has 0 aliphatic rings. The average molecular weight is 436 g/mol. The van der Waals surface area contributed by atoms with Crippen LogP contribution in [0.5, 0.6) is 0 Å². The number of fused-ring (bicyclic) bond motifs is 3. The summed E-state index contributed by atoms with van der Waals surface area (Å²) in [6, 6.07) is 13.7. The second-order valence-electron chi connectivity index (χ2n) is 7.64. The number of aromatic nitrogens is 3. The molecule has 4 rings (SSSR count). The van der Waals surface area contributed by atoms with E-state index in [9.17, 15) is 13.0 Å². The summed E-state index contributed by atoms with van der Waals surface area (Å²) < 4.78 is 36.6. The molecule has 0 saturated carbocycles. The maximum atomic E-state index is 10.8. The fourth-order valence-electron chi connectivity index (χ4n) is 3.82. The molecule has 0 atom stereocenters. The minimum absolute atomic E-state index is 0.0851. The Morgan fingerprint density at radius 2 is 1.65 bits per heavy atom. The number of benzene rings is 2. The maximum Gasteiger partial charge on any atom is 0.309 e. The lowest BCUT2D eigenvalue weighted by molar-refractivity contribution is -0.632. The highest BCUT2D eigenvalue weighted by molar-refractivity contribution is 7.85. The van der Waals surface area contributed by atoms with Crippen LogP contribution in [0.3, 0.4) is 0 Å². The van der Waals surface area contributed by atoms with E-state index in [4.69, 9.17) is 6.42 Å². The Kier molecular flexibility index (Phi) is 6.16. The fourth-order valence-corrected chi connectivity index (χ4v) is 4.73. The summed E-state index contributed by atoms with van der Waals surface area (Å²) in [7, 11) is -4.33. The number of imidazole rings is 1. The molecule has 0 fully saturated rings. The second-order valence-corrected chi connectivity index (χ2v) is 8.96. The molecule has 0 unspecified atom stereocenters. The number of hydrogen-bond acceptors (Lipinski definition) is 4. The zero-order chi connectivity index (χ0) is 22.9. The zero-order valence-electron chi connectivity index (χ0n) is 18.3. The standard InChI is InChI=1S/C15H14N3.C9H12O3S/c1-4-9-17-13-7-5-6-8-14(13)18-15(17)10-11(2)12(3)16-18;1-6-4-7(2)9(8(3)5-6)13(10,11)12/h1,5-8,10H,9H2,2-3H3;4-5H,1-3H3,(H,10,11,12)/q+1;/p-1. The van der Waals surface area contributed by atoms with Crippen molar-refractivity contribution in [1.29, 1.82) is 0 Å². The van der Waals surface area contributed by atoms with E-state index in [1.165, 1.54) is 5.56 Å². The summed E-state index contributed by atoms with van der Waals surface area (Å²) in [5.74, 6) is 2.71. The lowest BCUT2D eigenvalue weighted by Crippen LogP contribution is -2.32. The molecular weight excluding hydrogens is 410 g/mol. The molecule has 0 spiro atoms. The van der Waals surface area contributed by atoms with Crippen LogP contribution < -0.4 is 4.57 Å². The van der Waals surface area contributed by atoms with Gasteiger partial charge in [0.2, 0.25) is 5.52 Å². The van der Waals surface area contributed by atoms with Gasteiger partial charge in [-0.1, -0.05) is 45.4 Å². The molecule has 0 amide bonds. The Morgan fingerprint density at radius 3 is 2.23 bits per heavy atom. The lowest BCUT2D eigenvalue weighted by atomic mass is 10.1. The Labute approximate surface area is 182 Å². The van der Waals surface area contributed by atoms with Crippen molar-refractivity contribution in [2.24, 2.45) is 0 Å². The third-order valence-corrected chi connectivity index (χ3v) is 6.31. The van der Waals surface area contributed by atoms with E-state index in [0.29, 0.717) is 17.7 Å². The van der Waals surface area contributed by atoms with Crippen molar-refractivity contribution >= 4 is 26.8 Å². The Hall–Kier alpha value is -3.21. The van der Waals surface area contributed by atoms with Gasteiger partial charge in [-0.25, -0.2) is 13.0 Å². The molecule has 0 bridgehead atoms. The van der Waals surface area contributed by atoms with Crippen molar-refractivity contribution in [2.75, 3.05) is 0 Å². The van der Waals surface area contributed by atoms with Crippen LogP contribution in [-0.4, -0.2) is 22.6 Å². The molecule has 7 heteroatoms. The van der Waals surface area contributed by atoms with Crippen LogP contribution >= 0.6 is 0 Å². The highest BCUT2D eigenvalue weighted by atomic mass is 32.2. The number of para-hydroxylation sites is 2. The summed E-state index contributed by atoms with van der Waals surface area (Å²) in [6.07, 6.45) is 5.47. The lowest BCUT2D eigenvalue weighted by Gasteiger charge is -2.14. The van der Waals surface area contributed by atoms with E-state index in [1.807, 2.05) is 30.5 Å². The van der Waals surface area contributed by atoms with Crippen molar-refractivity contribution < 1.29 is 17.5 Å². The van der Waals surface area contributed by atoms with Crippen LogP contribution in [0, 0.1) is 47.0 Å². The SMILES string of the molecule is C#CC[n+]1c2ccccc2n2nc(C)c(C)cc21.Cc1cc(C)c(S(=O)(=O)[O-])c(C)c1. The molecule has 0 aliphatic carbocycles. The van der Waals surface area contributed by atoms with E-state index < -0.39 is 10.1 Å². The second kappa shape index (κ2) is 8.50. The van der Waals surface area contributed by atoms with Crippen molar-refractivity contribution in [3.8, 4) is 12.3 Å². The van der Waals surface area contributed by atoms with E-state index in [-0.39, 0.29) is 4.90 Å². The van der Waals surface area contributed by atoms with Crippen molar-refractivity contribution in [3.05, 3.63) is 70.4 Å². The third kappa shape index (κ3) is 4.46. The molecule has 4 aromatic rings. The van der Waals surface area contributed by atoms with Crippen molar-refractivity contribution in [2.45, 2.75) is 46.1 Å². The minimum atomic E-state index is -4.33. The normalized spacial score (nSPS) is 11.3. The van der Waals surface area contributed by atoms with Gasteiger partial charge in [0.1, 0.15) is 10.1 Å². The smallest absolute Gasteiger partial charge is 0.309 e. The summed E-state index contributed by atoms with van der Waals surface area (Å²) in [6.45, 7) is 9.77. The number of hydrogen-bond donors (Lipinski definition) is 0. The van der Waals surface area contributed by atoms with Gasteiger partial charge in [0, 0.05) is 6.07 Å². The summed E-state index contributed by atoms with van der Waals surface area (Å²) in [4.78, 5) is -0.0851. The molecule has 6 nitrogen and oxygen atoms in total. The van der Waals surface area contributed by atoms with Gasteiger partial charge in [-0.05, 0) is 63.4 Å². The maximum absolute atomic E-state index is 10.8. The van der Waals surface area contributed by atoms with E-state index in [1.54, 1.807) is 26.0 Å². The van der Waals surface area contributed by atoms with Crippen LogP contribution in [0.4, 0.5) is 0 Å². The van der Waals surface area contributed by atoms with Gasteiger partial charge in [-0.3, -0.25) is 0 Å². The number of terminal acetylenes is 1. The predicted molar refractivity (Wildman–Crippen MR) is 120 cm³/mol. The zero-order valence-corrected chi connectivity index (χ0v) is 19.1. The Bertz CT molecular complexity index is 1420. The van der Waals surface area contributed by atoms with Crippen LogP contribution in [0.2, 0.25) is 0 Å². The minimum Gasteiger partial charge on any atom is -0.744 e. The highest BCUT2D eigenvalue weighted by Gasteiger charge is 2.20. The van der Waals surface area contributed by atoms with Crippen molar-refractivity contribution in [3.63, 3.8) is 0 Å². The van der Waals surface area contributed by atoms with Crippen LogP contribution in [0.1, 0.15) is 27.9 Å². The van der Waals surface area contributed by atoms with Gasteiger partial charge < -0.3 is 4.55 Å². The van der Waals surface area contributed by atoms with Gasteiger partial charge >= 0.3 is 5.65 Å². The Morgan fingerprint density at radius 1 is 1.03 bits per heavy atom. The number of nitrogens with zero attached hydrogens (tertiary/aromatic N) is 3. The largest absolute Gasteiger partial charge is 0.744 e. The molecule has 0 saturated heterocycles. The highest BCUT2D eigenvalue weighted by Crippen LogP contribution is 2.21. The van der Waals surface area contributed by atoms with Crippen LogP contribution in [0.15, 0.2) is 47.4 Å². The predicted octanol–water partition coefficient (Wildman–Crippen LogP) is 3.54. The van der Waals surface area contributed by atoms with Gasteiger partial charge in [0.05, 0.1) is 10.6 Å². The van der Waals surface area contributed by atoms with Gasteiger partial charge in [0.15, 0.2) is 12.1 Å². The molecular formula is C24H25N3O3S. The number of rotatable bonds is 2. The van der Waals surface area contributed by atoms with E-state index in [2.05, 4.69) is 40.7 Å². The topological polar surface area (TPSA) is 78.4 Å². The molecule has 0 aliphatic heterocycles. The molecule has 0 radical (unpaired) electrons. The molecule has 2 aromatic carbocycles.